The van der Waals surface area contributed by atoms with Crippen molar-refractivity contribution in [2.45, 2.75) is 38.6 Å². The number of hydrogen-bond donors (Lipinski definition) is 2. The number of hydrogen-bond acceptors (Lipinski definition) is 4. The molecule has 1 aliphatic carbocycles. The zero-order valence-electron chi connectivity index (χ0n) is 9.27. The van der Waals surface area contributed by atoms with Gasteiger partial charge in [0.2, 0.25) is 0 Å². The number of carboxylic acid groups (broad SMARTS) is 1. The van der Waals surface area contributed by atoms with Crippen molar-refractivity contribution in [3.63, 3.8) is 0 Å². The highest BCUT2D eigenvalue weighted by molar-refractivity contribution is 7.13. The van der Waals surface area contributed by atoms with Crippen molar-refractivity contribution in [2.24, 2.45) is 5.92 Å². The number of aliphatic carboxylic acids is 1. The summed E-state index contributed by atoms with van der Waals surface area (Å²) in [5.74, 6) is -0.792. The molecule has 0 bridgehead atoms. The fraction of sp³-hybridized carbons (Fsp3) is 0.636. The minimum absolute atomic E-state index is 0.143. The molecule has 1 aromatic heterocycles. The minimum atomic E-state index is -0.649. The van der Waals surface area contributed by atoms with Gasteiger partial charge in [-0.25, -0.2) is 4.98 Å². The van der Waals surface area contributed by atoms with E-state index in [2.05, 4.69) is 10.3 Å². The Kier molecular flexibility index (Phi) is 3.43. The summed E-state index contributed by atoms with van der Waals surface area (Å²) in [5, 5.41) is 15.2. The second-order valence-corrected chi connectivity index (χ2v) is 5.18. The van der Waals surface area contributed by atoms with E-state index in [0.717, 1.165) is 36.5 Å². The second kappa shape index (κ2) is 4.82. The Morgan fingerprint density at radius 3 is 2.69 bits per heavy atom. The zero-order chi connectivity index (χ0) is 11.5. The predicted octanol–water partition coefficient (Wildman–Crippen LogP) is 2.51. The summed E-state index contributed by atoms with van der Waals surface area (Å²) in [6, 6.07) is 0.390. The van der Waals surface area contributed by atoms with Crippen molar-refractivity contribution in [3.05, 3.63) is 11.1 Å². The second-order valence-electron chi connectivity index (χ2n) is 4.33. The Bertz CT molecular complexity index is 370. The molecule has 0 amide bonds. The van der Waals surface area contributed by atoms with Crippen molar-refractivity contribution in [1.82, 2.24) is 4.98 Å². The Morgan fingerprint density at radius 1 is 1.50 bits per heavy atom. The molecule has 1 heterocycles. The van der Waals surface area contributed by atoms with E-state index >= 15 is 0 Å². The number of anilines is 1. The van der Waals surface area contributed by atoms with Crippen molar-refractivity contribution in [2.75, 3.05) is 5.32 Å². The van der Waals surface area contributed by atoms with Gasteiger partial charge in [-0.15, -0.1) is 11.3 Å². The van der Waals surface area contributed by atoms with E-state index in [1.807, 2.05) is 12.3 Å². The maximum atomic E-state index is 10.8. The average molecular weight is 240 g/mol. The first-order chi connectivity index (χ1) is 7.65. The molecule has 0 unspecified atom stereocenters. The van der Waals surface area contributed by atoms with Crippen LogP contribution in [0.25, 0.3) is 0 Å². The van der Waals surface area contributed by atoms with Gasteiger partial charge in [0, 0.05) is 11.4 Å². The quantitative estimate of drug-likeness (QED) is 0.852. The summed E-state index contributed by atoms with van der Waals surface area (Å²) < 4.78 is 0. The maximum absolute atomic E-state index is 10.8. The third-order valence-electron chi connectivity index (χ3n) is 3.02. The summed E-state index contributed by atoms with van der Waals surface area (Å²) >= 11 is 1.61. The van der Waals surface area contributed by atoms with E-state index in [1.165, 1.54) is 0 Å². The molecule has 0 radical (unpaired) electrons. The molecule has 1 aliphatic rings. The van der Waals surface area contributed by atoms with E-state index in [1.54, 1.807) is 11.3 Å². The van der Waals surface area contributed by atoms with Crippen molar-refractivity contribution < 1.29 is 9.90 Å². The van der Waals surface area contributed by atoms with Gasteiger partial charge in [-0.2, -0.15) is 0 Å². The van der Waals surface area contributed by atoms with E-state index in [-0.39, 0.29) is 5.92 Å². The highest BCUT2D eigenvalue weighted by atomic mass is 32.1. The van der Waals surface area contributed by atoms with Gasteiger partial charge in [0.25, 0.3) is 0 Å². The van der Waals surface area contributed by atoms with Crippen LogP contribution in [0, 0.1) is 12.8 Å². The first kappa shape index (κ1) is 11.4. The monoisotopic (exact) mass is 240 g/mol. The van der Waals surface area contributed by atoms with Gasteiger partial charge in [0.15, 0.2) is 5.13 Å². The number of thiazole rings is 1. The molecule has 4 nitrogen and oxygen atoms in total. The molecular weight excluding hydrogens is 224 g/mol. The molecule has 2 rings (SSSR count). The molecule has 16 heavy (non-hydrogen) atoms. The van der Waals surface area contributed by atoms with Gasteiger partial charge in [0.1, 0.15) is 0 Å². The van der Waals surface area contributed by atoms with E-state index < -0.39 is 5.97 Å². The number of nitrogens with one attached hydrogen (secondary N) is 1. The lowest BCUT2D eigenvalue weighted by Crippen LogP contribution is -2.29. The first-order valence-corrected chi connectivity index (χ1v) is 6.44. The molecule has 1 saturated carbocycles. The van der Waals surface area contributed by atoms with Gasteiger partial charge >= 0.3 is 5.97 Å². The lowest BCUT2D eigenvalue weighted by molar-refractivity contribution is -0.142. The van der Waals surface area contributed by atoms with Crippen LogP contribution in [0.5, 0.6) is 0 Å². The van der Waals surface area contributed by atoms with E-state index in [0.29, 0.717) is 6.04 Å². The molecule has 0 saturated heterocycles. The van der Waals surface area contributed by atoms with Crippen LogP contribution in [0.15, 0.2) is 5.38 Å². The third kappa shape index (κ3) is 2.72. The number of aryl methyl sites for hydroxylation is 1. The first-order valence-electron chi connectivity index (χ1n) is 5.56. The lowest BCUT2D eigenvalue weighted by atomic mass is 9.86. The van der Waals surface area contributed by atoms with Crippen LogP contribution in [-0.2, 0) is 4.79 Å². The normalized spacial score (nSPS) is 25.3. The summed E-state index contributed by atoms with van der Waals surface area (Å²) in [7, 11) is 0. The number of carboxylic acids is 1. The molecule has 88 valence electrons. The van der Waals surface area contributed by atoms with Crippen LogP contribution < -0.4 is 5.32 Å². The Morgan fingerprint density at radius 2 is 2.19 bits per heavy atom. The Hall–Kier alpha value is -1.10. The fourth-order valence-corrected chi connectivity index (χ4v) is 2.85. The molecule has 1 fully saturated rings. The van der Waals surface area contributed by atoms with E-state index in [9.17, 15) is 4.79 Å². The van der Waals surface area contributed by atoms with Crippen LogP contribution in [0.2, 0.25) is 0 Å². The molecule has 0 aromatic carbocycles. The van der Waals surface area contributed by atoms with Crippen LogP contribution in [-0.4, -0.2) is 22.1 Å². The van der Waals surface area contributed by atoms with E-state index in [4.69, 9.17) is 5.11 Å². The fourth-order valence-electron chi connectivity index (χ4n) is 2.08. The molecule has 0 aliphatic heterocycles. The standard InChI is InChI=1S/C11H16N2O2S/c1-7-6-16-11(12-7)13-9-4-2-8(3-5-9)10(14)15/h6,8-9H,2-5H2,1H3,(H,12,13)(H,14,15). The topological polar surface area (TPSA) is 62.2 Å². The molecule has 1 aromatic rings. The van der Waals surface area contributed by atoms with Crippen molar-refractivity contribution in [1.29, 1.82) is 0 Å². The average Bonchev–Trinajstić information content (AvgIpc) is 2.65. The van der Waals surface area contributed by atoms with Gasteiger partial charge < -0.3 is 10.4 Å². The summed E-state index contributed by atoms with van der Waals surface area (Å²) in [5.41, 5.74) is 1.03. The Labute approximate surface area is 98.7 Å². The van der Waals surface area contributed by atoms with Crippen molar-refractivity contribution in [3.8, 4) is 0 Å². The van der Waals surface area contributed by atoms with Gasteiger partial charge in [0.05, 0.1) is 11.6 Å². The largest absolute Gasteiger partial charge is 0.481 e. The SMILES string of the molecule is Cc1csc(NC2CCC(C(=O)O)CC2)n1. The van der Waals surface area contributed by atoms with Crippen LogP contribution in [0.4, 0.5) is 5.13 Å². The van der Waals surface area contributed by atoms with Gasteiger partial charge in [-0.1, -0.05) is 0 Å². The van der Waals surface area contributed by atoms with Crippen LogP contribution in [0.3, 0.4) is 0 Å². The number of aromatic nitrogens is 1. The molecule has 0 spiro atoms. The van der Waals surface area contributed by atoms with Gasteiger partial charge in [-0.3, -0.25) is 4.79 Å². The number of nitrogens with zero attached hydrogens (tertiary/aromatic N) is 1. The summed E-state index contributed by atoms with van der Waals surface area (Å²) in [6.07, 6.45) is 3.40. The van der Waals surface area contributed by atoms with Crippen molar-refractivity contribution >= 4 is 22.4 Å². The Balaban J connectivity index is 1.83. The van der Waals surface area contributed by atoms with Crippen LogP contribution >= 0.6 is 11.3 Å². The summed E-state index contributed by atoms with van der Waals surface area (Å²) in [4.78, 5) is 15.1. The molecular formula is C11H16N2O2S. The summed E-state index contributed by atoms with van der Waals surface area (Å²) in [6.45, 7) is 1.98. The predicted molar refractivity (Wildman–Crippen MR) is 63.9 cm³/mol. The van der Waals surface area contributed by atoms with Gasteiger partial charge in [-0.05, 0) is 32.6 Å². The highest BCUT2D eigenvalue weighted by Crippen LogP contribution is 2.27. The third-order valence-corrected chi connectivity index (χ3v) is 3.91. The smallest absolute Gasteiger partial charge is 0.306 e. The number of carbonyl (C=O) groups is 1. The number of rotatable bonds is 3. The molecule has 5 heteroatoms. The highest BCUT2D eigenvalue weighted by Gasteiger charge is 2.25. The molecule has 0 atom stereocenters. The van der Waals surface area contributed by atoms with Crippen LogP contribution in [0.1, 0.15) is 31.4 Å². The minimum Gasteiger partial charge on any atom is -0.481 e. The zero-order valence-corrected chi connectivity index (χ0v) is 10.1. The maximum Gasteiger partial charge on any atom is 0.306 e. The molecule has 2 N–H and O–H groups in total. The lowest BCUT2D eigenvalue weighted by Gasteiger charge is -2.26.